The fraction of sp³-hybridized carbons (Fsp3) is 0. The van der Waals surface area contributed by atoms with E-state index in [1.165, 1.54) is 17.1 Å². The molecule has 4 aromatic rings. The Bertz CT molecular complexity index is 1030. The number of H-pyrrole nitrogens is 1. The Balaban J connectivity index is 2.02. The van der Waals surface area contributed by atoms with Crippen LogP contribution in [0.2, 0.25) is 0 Å². The predicted octanol–water partition coefficient (Wildman–Crippen LogP) is 1.36. The zero-order valence-electron chi connectivity index (χ0n) is 10.7. The molecule has 0 fully saturated rings. The number of phenolic OH excluding ortho intramolecular Hbond substituents is 1. The van der Waals surface area contributed by atoms with E-state index in [4.69, 9.17) is 0 Å². The van der Waals surface area contributed by atoms with Crippen molar-refractivity contribution in [1.82, 2.24) is 25.0 Å². The minimum Gasteiger partial charge on any atom is -0.506 e. The molecule has 4 rings (SSSR count). The number of hydrogen-bond acceptors (Lipinski definition) is 5. The van der Waals surface area contributed by atoms with Gasteiger partial charge in [-0.15, -0.1) is 0 Å². The third-order valence-electron chi connectivity index (χ3n) is 3.29. The van der Waals surface area contributed by atoms with Gasteiger partial charge in [0.15, 0.2) is 5.82 Å². The number of aromatic hydroxyl groups is 1. The van der Waals surface area contributed by atoms with Gasteiger partial charge in [-0.05, 0) is 18.2 Å². The number of pyridine rings is 1. The van der Waals surface area contributed by atoms with Crippen molar-refractivity contribution in [3.63, 3.8) is 0 Å². The van der Waals surface area contributed by atoms with Gasteiger partial charge in [0.25, 0.3) is 5.56 Å². The summed E-state index contributed by atoms with van der Waals surface area (Å²) < 4.78 is 1.17. The van der Waals surface area contributed by atoms with Gasteiger partial charge in [0.05, 0.1) is 12.4 Å². The summed E-state index contributed by atoms with van der Waals surface area (Å²) in [5.74, 6) is 0.399. The van der Waals surface area contributed by atoms with Crippen molar-refractivity contribution in [2.45, 2.75) is 0 Å². The van der Waals surface area contributed by atoms with Crippen LogP contribution in [0.5, 0.6) is 5.75 Å². The number of aromatic nitrogens is 5. The largest absolute Gasteiger partial charge is 0.506 e. The van der Waals surface area contributed by atoms with E-state index < -0.39 is 0 Å². The van der Waals surface area contributed by atoms with Crippen molar-refractivity contribution < 1.29 is 5.11 Å². The van der Waals surface area contributed by atoms with Gasteiger partial charge in [0.1, 0.15) is 16.8 Å². The Hall–Kier alpha value is -3.22. The molecule has 1 aromatic carbocycles. The van der Waals surface area contributed by atoms with Crippen molar-refractivity contribution in [2.24, 2.45) is 0 Å². The molecule has 0 amide bonds. The zero-order valence-corrected chi connectivity index (χ0v) is 10.7. The SMILES string of the molecule is O=c1c2[nH]ncc2cnn1-c1ccc2cccc(O)c2n1. The van der Waals surface area contributed by atoms with Crippen LogP contribution < -0.4 is 5.56 Å². The summed E-state index contributed by atoms with van der Waals surface area (Å²) in [7, 11) is 0. The minimum atomic E-state index is -0.340. The third kappa shape index (κ3) is 1.68. The number of benzene rings is 1. The summed E-state index contributed by atoms with van der Waals surface area (Å²) in [6.45, 7) is 0. The molecule has 0 aliphatic heterocycles. The highest BCUT2D eigenvalue weighted by Crippen LogP contribution is 2.22. The molecule has 3 aromatic heterocycles. The topological polar surface area (TPSA) is 96.7 Å². The van der Waals surface area contributed by atoms with Crippen molar-refractivity contribution in [2.75, 3.05) is 0 Å². The molecule has 0 bridgehead atoms. The van der Waals surface area contributed by atoms with Crippen LogP contribution in [0.1, 0.15) is 0 Å². The first-order valence-electron chi connectivity index (χ1n) is 6.24. The lowest BCUT2D eigenvalue weighted by molar-refractivity contribution is 0.480. The van der Waals surface area contributed by atoms with E-state index in [0.717, 1.165) is 5.39 Å². The summed E-state index contributed by atoms with van der Waals surface area (Å²) >= 11 is 0. The van der Waals surface area contributed by atoms with Crippen LogP contribution in [0.4, 0.5) is 0 Å². The highest BCUT2D eigenvalue weighted by molar-refractivity contribution is 5.85. The molecule has 102 valence electrons. The molecule has 7 heteroatoms. The van der Waals surface area contributed by atoms with Gasteiger partial charge in [0, 0.05) is 10.8 Å². The standard InChI is InChI=1S/C14H9N5O2/c20-10-3-1-2-8-4-5-11(17-12(8)10)19-14(21)13-9(7-16-19)6-15-18-13/h1-7,20H,(H,15,18). The molecular weight excluding hydrogens is 270 g/mol. The maximum Gasteiger partial charge on any atom is 0.298 e. The smallest absolute Gasteiger partial charge is 0.298 e. The first kappa shape index (κ1) is 11.6. The molecule has 0 radical (unpaired) electrons. The van der Waals surface area contributed by atoms with Gasteiger partial charge in [-0.3, -0.25) is 9.89 Å². The summed E-state index contributed by atoms with van der Waals surface area (Å²) in [5, 5.41) is 21.8. The molecule has 21 heavy (non-hydrogen) atoms. The maximum atomic E-state index is 12.3. The molecule has 0 aliphatic carbocycles. The average Bonchev–Trinajstić information content (AvgIpc) is 2.97. The summed E-state index contributed by atoms with van der Waals surface area (Å²) in [4.78, 5) is 16.7. The number of para-hydroxylation sites is 1. The van der Waals surface area contributed by atoms with Crippen molar-refractivity contribution in [3.8, 4) is 11.6 Å². The summed E-state index contributed by atoms with van der Waals surface area (Å²) in [6, 6.07) is 8.58. The van der Waals surface area contributed by atoms with E-state index in [0.29, 0.717) is 22.2 Å². The van der Waals surface area contributed by atoms with Crippen LogP contribution in [0, 0.1) is 0 Å². The third-order valence-corrected chi connectivity index (χ3v) is 3.29. The lowest BCUT2D eigenvalue weighted by atomic mass is 10.2. The first-order chi connectivity index (χ1) is 10.2. The van der Waals surface area contributed by atoms with Crippen LogP contribution in [-0.4, -0.2) is 30.1 Å². The molecule has 7 nitrogen and oxygen atoms in total. The van der Waals surface area contributed by atoms with E-state index in [1.54, 1.807) is 24.3 Å². The Morgan fingerprint density at radius 3 is 2.90 bits per heavy atom. The molecule has 2 N–H and O–H groups in total. The zero-order chi connectivity index (χ0) is 14.4. The number of phenols is 1. The lowest BCUT2D eigenvalue weighted by Gasteiger charge is -2.05. The average molecular weight is 279 g/mol. The van der Waals surface area contributed by atoms with Crippen LogP contribution in [0.25, 0.3) is 27.6 Å². The second-order valence-electron chi connectivity index (χ2n) is 4.58. The monoisotopic (exact) mass is 279 g/mol. The number of aromatic amines is 1. The van der Waals surface area contributed by atoms with Gasteiger partial charge in [0.2, 0.25) is 0 Å². The quantitative estimate of drug-likeness (QED) is 0.548. The highest BCUT2D eigenvalue weighted by Gasteiger charge is 2.10. The normalized spacial score (nSPS) is 11.2. The van der Waals surface area contributed by atoms with Gasteiger partial charge >= 0.3 is 0 Å². The Morgan fingerprint density at radius 2 is 2.00 bits per heavy atom. The number of rotatable bonds is 1. The summed E-state index contributed by atoms with van der Waals surface area (Å²) in [6.07, 6.45) is 3.07. The molecule has 0 aliphatic rings. The lowest BCUT2D eigenvalue weighted by Crippen LogP contribution is -2.21. The maximum absolute atomic E-state index is 12.3. The van der Waals surface area contributed by atoms with Gasteiger partial charge in [-0.2, -0.15) is 14.9 Å². The minimum absolute atomic E-state index is 0.0602. The fourth-order valence-corrected chi connectivity index (χ4v) is 2.25. The Morgan fingerprint density at radius 1 is 1.10 bits per heavy atom. The molecule has 0 spiro atoms. The number of fused-ring (bicyclic) bond motifs is 2. The first-order valence-corrected chi connectivity index (χ1v) is 6.24. The van der Waals surface area contributed by atoms with E-state index >= 15 is 0 Å². The van der Waals surface area contributed by atoms with Crippen molar-refractivity contribution in [3.05, 3.63) is 53.1 Å². The van der Waals surface area contributed by atoms with E-state index in [9.17, 15) is 9.90 Å². The van der Waals surface area contributed by atoms with Gasteiger partial charge in [-0.1, -0.05) is 12.1 Å². The fourth-order valence-electron chi connectivity index (χ4n) is 2.25. The number of nitrogens with zero attached hydrogens (tertiary/aromatic N) is 4. The Kier molecular flexibility index (Phi) is 2.28. The summed E-state index contributed by atoms with van der Waals surface area (Å²) in [5.41, 5.74) is 0.449. The number of nitrogens with one attached hydrogen (secondary N) is 1. The molecule has 3 heterocycles. The van der Waals surface area contributed by atoms with Crippen molar-refractivity contribution >= 4 is 21.8 Å². The molecular formula is C14H9N5O2. The van der Waals surface area contributed by atoms with E-state index in [2.05, 4.69) is 20.3 Å². The Labute approximate surface area is 117 Å². The molecule has 0 atom stereocenters. The van der Waals surface area contributed by atoms with Crippen LogP contribution in [0.15, 0.2) is 47.5 Å². The van der Waals surface area contributed by atoms with Crippen LogP contribution in [-0.2, 0) is 0 Å². The second-order valence-corrected chi connectivity index (χ2v) is 4.58. The van der Waals surface area contributed by atoms with Gasteiger partial charge in [-0.25, -0.2) is 4.98 Å². The van der Waals surface area contributed by atoms with E-state index in [-0.39, 0.29) is 11.3 Å². The number of hydrogen-bond donors (Lipinski definition) is 2. The van der Waals surface area contributed by atoms with Gasteiger partial charge < -0.3 is 5.11 Å². The second kappa shape index (κ2) is 4.14. The van der Waals surface area contributed by atoms with Crippen molar-refractivity contribution in [1.29, 1.82) is 0 Å². The van der Waals surface area contributed by atoms with Crippen LogP contribution >= 0.6 is 0 Å². The molecule has 0 saturated heterocycles. The molecule has 0 saturated carbocycles. The molecule has 0 unspecified atom stereocenters. The van der Waals surface area contributed by atoms with E-state index in [1.807, 2.05) is 6.07 Å². The predicted molar refractivity (Wildman–Crippen MR) is 76.5 cm³/mol. The highest BCUT2D eigenvalue weighted by atomic mass is 16.3. The van der Waals surface area contributed by atoms with Crippen LogP contribution in [0.3, 0.4) is 0 Å².